The summed E-state index contributed by atoms with van der Waals surface area (Å²) < 4.78 is 0. The predicted molar refractivity (Wildman–Crippen MR) is 68.6 cm³/mol. The maximum Gasteiger partial charge on any atom is 0.115 e. The SMILES string of the molecule is CCNC(Cc1ccccc1)c1ccncn1. The first-order valence-corrected chi connectivity index (χ1v) is 5.93. The fourth-order valence-corrected chi connectivity index (χ4v) is 1.88. The second-order valence-corrected chi connectivity index (χ2v) is 3.93. The minimum atomic E-state index is 0.255. The first-order valence-electron chi connectivity index (χ1n) is 5.93. The van der Waals surface area contributed by atoms with E-state index < -0.39 is 0 Å². The Morgan fingerprint density at radius 1 is 1.18 bits per heavy atom. The van der Waals surface area contributed by atoms with Crippen LogP contribution in [0.15, 0.2) is 48.9 Å². The fraction of sp³-hybridized carbons (Fsp3) is 0.286. The van der Waals surface area contributed by atoms with E-state index in [4.69, 9.17) is 0 Å². The normalized spacial score (nSPS) is 12.3. The van der Waals surface area contributed by atoms with Crippen LogP contribution in [0, 0.1) is 0 Å². The summed E-state index contributed by atoms with van der Waals surface area (Å²) in [6, 6.07) is 12.7. The molecule has 2 aromatic rings. The Kier molecular flexibility index (Phi) is 4.22. The van der Waals surface area contributed by atoms with Crippen molar-refractivity contribution in [1.82, 2.24) is 15.3 Å². The van der Waals surface area contributed by atoms with Gasteiger partial charge in [0.2, 0.25) is 0 Å². The molecule has 3 nitrogen and oxygen atoms in total. The molecule has 0 fully saturated rings. The van der Waals surface area contributed by atoms with Crippen LogP contribution in [-0.4, -0.2) is 16.5 Å². The van der Waals surface area contributed by atoms with Crippen LogP contribution < -0.4 is 5.32 Å². The number of nitrogens with zero attached hydrogens (tertiary/aromatic N) is 2. The van der Waals surface area contributed by atoms with Crippen molar-refractivity contribution in [2.45, 2.75) is 19.4 Å². The van der Waals surface area contributed by atoms with E-state index in [1.165, 1.54) is 5.56 Å². The monoisotopic (exact) mass is 227 g/mol. The molecule has 0 radical (unpaired) electrons. The topological polar surface area (TPSA) is 37.8 Å². The highest BCUT2D eigenvalue weighted by Crippen LogP contribution is 2.15. The molecule has 0 saturated heterocycles. The van der Waals surface area contributed by atoms with Gasteiger partial charge in [0.1, 0.15) is 6.33 Å². The summed E-state index contributed by atoms with van der Waals surface area (Å²) in [5, 5.41) is 3.46. The third-order valence-corrected chi connectivity index (χ3v) is 2.70. The molecule has 1 unspecified atom stereocenters. The first kappa shape index (κ1) is 11.7. The molecule has 88 valence electrons. The lowest BCUT2D eigenvalue weighted by molar-refractivity contribution is 0.535. The molecule has 1 N–H and O–H groups in total. The summed E-state index contributed by atoms with van der Waals surface area (Å²) in [6.45, 7) is 3.04. The molecular formula is C14H17N3. The zero-order chi connectivity index (χ0) is 11.9. The molecule has 0 bridgehead atoms. The molecule has 0 saturated carbocycles. The van der Waals surface area contributed by atoms with Crippen molar-refractivity contribution in [2.75, 3.05) is 6.54 Å². The van der Waals surface area contributed by atoms with E-state index in [-0.39, 0.29) is 6.04 Å². The van der Waals surface area contributed by atoms with E-state index in [1.54, 1.807) is 12.5 Å². The number of benzene rings is 1. The highest BCUT2D eigenvalue weighted by Gasteiger charge is 2.11. The molecule has 0 aliphatic rings. The van der Waals surface area contributed by atoms with Crippen molar-refractivity contribution in [2.24, 2.45) is 0 Å². The lowest BCUT2D eigenvalue weighted by Gasteiger charge is -2.17. The minimum Gasteiger partial charge on any atom is -0.309 e. The Balaban J connectivity index is 2.13. The quantitative estimate of drug-likeness (QED) is 0.852. The van der Waals surface area contributed by atoms with E-state index in [0.29, 0.717) is 0 Å². The van der Waals surface area contributed by atoms with Gasteiger partial charge in [-0.3, -0.25) is 0 Å². The second-order valence-electron chi connectivity index (χ2n) is 3.93. The largest absolute Gasteiger partial charge is 0.309 e. The van der Waals surface area contributed by atoms with Gasteiger partial charge in [-0.1, -0.05) is 37.3 Å². The first-order chi connectivity index (χ1) is 8.40. The van der Waals surface area contributed by atoms with Crippen LogP contribution in [0.2, 0.25) is 0 Å². The van der Waals surface area contributed by atoms with Crippen LogP contribution >= 0.6 is 0 Å². The van der Waals surface area contributed by atoms with Gasteiger partial charge >= 0.3 is 0 Å². The van der Waals surface area contributed by atoms with Gasteiger partial charge in [-0.25, -0.2) is 9.97 Å². The van der Waals surface area contributed by atoms with Crippen LogP contribution in [0.3, 0.4) is 0 Å². The number of aromatic nitrogens is 2. The fourth-order valence-electron chi connectivity index (χ4n) is 1.88. The molecule has 17 heavy (non-hydrogen) atoms. The summed E-state index contributed by atoms with van der Waals surface area (Å²) >= 11 is 0. The predicted octanol–water partition coefficient (Wildman–Crippen LogP) is 2.37. The van der Waals surface area contributed by atoms with Gasteiger partial charge in [0.15, 0.2) is 0 Å². The van der Waals surface area contributed by atoms with Gasteiger partial charge in [-0.05, 0) is 24.6 Å². The molecule has 0 amide bonds. The van der Waals surface area contributed by atoms with Gasteiger partial charge in [0.05, 0.1) is 11.7 Å². The molecule has 1 aromatic heterocycles. The molecule has 3 heteroatoms. The Bertz CT molecular complexity index is 428. The van der Waals surface area contributed by atoms with Crippen molar-refractivity contribution in [3.05, 3.63) is 60.2 Å². The number of nitrogens with one attached hydrogen (secondary N) is 1. The number of hydrogen-bond donors (Lipinski definition) is 1. The maximum atomic E-state index is 4.32. The van der Waals surface area contributed by atoms with Crippen molar-refractivity contribution in [3.8, 4) is 0 Å². The van der Waals surface area contributed by atoms with Crippen LogP contribution in [-0.2, 0) is 6.42 Å². The molecule has 0 aliphatic carbocycles. The van der Waals surface area contributed by atoms with Crippen LogP contribution in [0.1, 0.15) is 24.2 Å². The van der Waals surface area contributed by atoms with E-state index in [1.807, 2.05) is 12.1 Å². The van der Waals surface area contributed by atoms with Crippen molar-refractivity contribution >= 4 is 0 Å². The highest BCUT2D eigenvalue weighted by molar-refractivity contribution is 5.18. The summed E-state index contributed by atoms with van der Waals surface area (Å²) in [5.74, 6) is 0. The number of hydrogen-bond acceptors (Lipinski definition) is 3. The molecule has 1 heterocycles. The van der Waals surface area contributed by atoms with E-state index >= 15 is 0 Å². The molecule has 0 spiro atoms. The van der Waals surface area contributed by atoms with Gasteiger partial charge in [0, 0.05) is 6.20 Å². The average molecular weight is 227 g/mol. The minimum absolute atomic E-state index is 0.255. The third-order valence-electron chi connectivity index (χ3n) is 2.70. The van der Waals surface area contributed by atoms with Gasteiger partial charge < -0.3 is 5.32 Å². The Morgan fingerprint density at radius 3 is 2.65 bits per heavy atom. The molecule has 2 rings (SSSR count). The van der Waals surface area contributed by atoms with E-state index in [0.717, 1.165) is 18.7 Å². The standard InChI is InChI=1S/C14H17N3/c1-2-16-14(13-8-9-15-11-17-13)10-12-6-4-3-5-7-12/h3-9,11,14,16H,2,10H2,1H3. The van der Waals surface area contributed by atoms with Gasteiger partial charge in [0.25, 0.3) is 0 Å². The Hall–Kier alpha value is -1.74. The molecule has 1 aromatic carbocycles. The highest BCUT2D eigenvalue weighted by atomic mass is 14.9. The van der Waals surface area contributed by atoms with Gasteiger partial charge in [-0.15, -0.1) is 0 Å². The summed E-state index contributed by atoms with van der Waals surface area (Å²) in [7, 11) is 0. The van der Waals surface area contributed by atoms with E-state index in [9.17, 15) is 0 Å². The zero-order valence-corrected chi connectivity index (χ0v) is 10.0. The Morgan fingerprint density at radius 2 is 2.00 bits per heavy atom. The van der Waals surface area contributed by atoms with Crippen molar-refractivity contribution in [3.63, 3.8) is 0 Å². The lowest BCUT2D eigenvalue weighted by Crippen LogP contribution is -2.23. The number of likely N-dealkylation sites (N-methyl/N-ethyl adjacent to an activating group) is 1. The van der Waals surface area contributed by atoms with Crippen molar-refractivity contribution in [1.29, 1.82) is 0 Å². The van der Waals surface area contributed by atoms with Crippen LogP contribution in [0.25, 0.3) is 0 Å². The van der Waals surface area contributed by atoms with Gasteiger partial charge in [-0.2, -0.15) is 0 Å². The summed E-state index contributed by atoms with van der Waals surface area (Å²) in [5.41, 5.74) is 2.36. The van der Waals surface area contributed by atoms with Crippen LogP contribution in [0.5, 0.6) is 0 Å². The molecule has 0 aliphatic heterocycles. The van der Waals surface area contributed by atoms with Crippen LogP contribution in [0.4, 0.5) is 0 Å². The maximum absolute atomic E-state index is 4.32. The molecule has 1 atom stereocenters. The Labute approximate surface area is 102 Å². The lowest BCUT2D eigenvalue weighted by atomic mass is 10.0. The second kappa shape index (κ2) is 6.11. The van der Waals surface area contributed by atoms with E-state index in [2.05, 4.69) is 46.5 Å². The smallest absolute Gasteiger partial charge is 0.115 e. The zero-order valence-electron chi connectivity index (χ0n) is 10.0. The number of rotatable bonds is 5. The summed E-state index contributed by atoms with van der Waals surface area (Å²) in [6.07, 6.45) is 4.34. The third kappa shape index (κ3) is 3.36. The van der Waals surface area contributed by atoms with Crippen molar-refractivity contribution < 1.29 is 0 Å². The summed E-state index contributed by atoms with van der Waals surface area (Å²) in [4.78, 5) is 8.28. The average Bonchev–Trinajstić information content (AvgIpc) is 2.40. The molecular weight excluding hydrogens is 210 g/mol.